The van der Waals surface area contributed by atoms with Gasteiger partial charge >= 0.3 is 0 Å². The number of rotatable bonds is 2. The molecule has 1 heterocycles. The van der Waals surface area contributed by atoms with Crippen molar-refractivity contribution in [2.45, 2.75) is 32.6 Å². The monoisotopic (exact) mass is 203 g/mol. The van der Waals surface area contributed by atoms with Gasteiger partial charge in [0.05, 0.1) is 0 Å². The second kappa shape index (κ2) is 5.32. The third-order valence-electron chi connectivity index (χ3n) is 3.26. The zero-order valence-electron chi connectivity index (χ0n) is 9.63. The third-order valence-corrected chi connectivity index (χ3v) is 3.26. The lowest BCUT2D eigenvalue weighted by Gasteiger charge is -2.14. The molecule has 1 aliphatic heterocycles. The van der Waals surface area contributed by atoms with Crippen LogP contribution in [-0.2, 0) is 6.42 Å². The molecule has 0 aromatic heterocycles. The molecule has 0 spiro atoms. The highest BCUT2D eigenvalue weighted by molar-refractivity contribution is 5.22. The van der Waals surface area contributed by atoms with Gasteiger partial charge in [0.1, 0.15) is 0 Å². The van der Waals surface area contributed by atoms with E-state index < -0.39 is 0 Å². The summed E-state index contributed by atoms with van der Waals surface area (Å²) in [5.74, 6) is 0.842. The number of hydrogen-bond acceptors (Lipinski definition) is 1. The lowest BCUT2D eigenvalue weighted by Crippen LogP contribution is -2.21. The van der Waals surface area contributed by atoms with Gasteiger partial charge in [-0.05, 0) is 50.8 Å². The van der Waals surface area contributed by atoms with Crippen molar-refractivity contribution in [2.24, 2.45) is 5.92 Å². The Morgan fingerprint density at radius 3 is 3.13 bits per heavy atom. The van der Waals surface area contributed by atoms with E-state index in [1.807, 2.05) is 0 Å². The standard InChI is InChI=1S/C14H21N/c1-12-5-4-7-13(9-12)10-14-6-2-3-8-15-11-14/h4-5,7,9,14-15H,2-3,6,8,10-11H2,1H3. The van der Waals surface area contributed by atoms with Gasteiger partial charge in [-0.1, -0.05) is 36.2 Å². The molecule has 1 heteroatoms. The quantitative estimate of drug-likeness (QED) is 0.779. The van der Waals surface area contributed by atoms with E-state index in [1.165, 1.54) is 49.9 Å². The summed E-state index contributed by atoms with van der Waals surface area (Å²) in [6.45, 7) is 4.59. The van der Waals surface area contributed by atoms with Gasteiger partial charge < -0.3 is 5.32 Å². The van der Waals surface area contributed by atoms with E-state index in [4.69, 9.17) is 0 Å². The molecule has 1 aliphatic rings. The Hall–Kier alpha value is -0.820. The second-order valence-electron chi connectivity index (χ2n) is 4.76. The van der Waals surface area contributed by atoms with Crippen LogP contribution < -0.4 is 5.32 Å². The van der Waals surface area contributed by atoms with Crippen molar-refractivity contribution in [3.8, 4) is 0 Å². The van der Waals surface area contributed by atoms with Crippen LogP contribution in [0.5, 0.6) is 0 Å². The summed E-state index contributed by atoms with van der Waals surface area (Å²) in [4.78, 5) is 0. The minimum Gasteiger partial charge on any atom is -0.316 e. The summed E-state index contributed by atoms with van der Waals surface area (Å²) in [7, 11) is 0. The maximum absolute atomic E-state index is 3.53. The Balaban J connectivity index is 1.95. The Morgan fingerprint density at radius 1 is 1.33 bits per heavy atom. The predicted octanol–water partition coefficient (Wildman–Crippen LogP) is 2.93. The molecule has 1 aromatic carbocycles. The van der Waals surface area contributed by atoms with Crippen LogP contribution in [0.4, 0.5) is 0 Å². The van der Waals surface area contributed by atoms with Gasteiger partial charge in [-0.25, -0.2) is 0 Å². The summed E-state index contributed by atoms with van der Waals surface area (Å²) in [6.07, 6.45) is 5.38. The molecule has 1 fully saturated rings. The van der Waals surface area contributed by atoms with Crippen LogP contribution >= 0.6 is 0 Å². The minimum absolute atomic E-state index is 0.842. The van der Waals surface area contributed by atoms with Crippen molar-refractivity contribution in [3.63, 3.8) is 0 Å². The molecule has 1 N–H and O–H groups in total. The van der Waals surface area contributed by atoms with E-state index in [-0.39, 0.29) is 0 Å². The van der Waals surface area contributed by atoms with E-state index >= 15 is 0 Å². The molecule has 1 unspecified atom stereocenters. The summed E-state index contributed by atoms with van der Waals surface area (Å²) < 4.78 is 0. The second-order valence-corrected chi connectivity index (χ2v) is 4.76. The topological polar surface area (TPSA) is 12.0 Å². The van der Waals surface area contributed by atoms with Gasteiger partial charge in [0, 0.05) is 0 Å². The average Bonchev–Trinajstić information content (AvgIpc) is 2.46. The molecule has 0 radical (unpaired) electrons. The minimum atomic E-state index is 0.842. The molecule has 1 nitrogen and oxygen atoms in total. The maximum Gasteiger partial charge on any atom is -0.00173 e. The molecule has 0 bridgehead atoms. The van der Waals surface area contributed by atoms with Gasteiger partial charge in [0.25, 0.3) is 0 Å². The van der Waals surface area contributed by atoms with Gasteiger partial charge in [-0.3, -0.25) is 0 Å². The molecule has 0 aliphatic carbocycles. The summed E-state index contributed by atoms with van der Waals surface area (Å²) in [6, 6.07) is 8.94. The van der Waals surface area contributed by atoms with Crippen molar-refractivity contribution in [1.29, 1.82) is 0 Å². The molecular formula is C14H21N. The van der Waals surface area contributed by atoms with E-state index in [2.05, 4.69) is 36.5 Å². The van der Waals surface area contributed by atoms with Gasteiger partial charge in [-0.15, -0.1) is 0 Å². The normalized spacial score (nSPS) is 22.3. The van der Waals surface area contributed by atoms with E-state index in [9.17, 15) is 0 Å². The smallest absolute Gasteiger partial charge is 0.00173 e. The molecule has 1 saturated heterocycles. The van der Waals surface area contributed by atoms with Crippen LogP contribution in [0.2, 0.25) is 0 Å². The zero-order chi connectivity index (χ0) is 10.5. The number of hydrogen-bond donors (Lipinski definition) is 1. The first-order chi connectivity index (χ1) is 7.34. The van der Waals surface area contributed by atoms with Crippen molar-refractivity contribution >= 4 is 0 Å². The van der Waals surface area contributed by atoms with Crippen molar-refractivity contribution in [1.82, 2.24) is 5.32 Å². The van der Waals surface area contributed by atoms with Crippen LogP contribution in [0.1, 0.15) is 30.4 Å². The van der Waals surface area contributed by atoms with Crippen LogP contribution in [0.3, 0.4) is 0 Å². The molecular weight excluding hydrogens is 182 g/mol. The molecule has 1 aromatic rings. The van der Waals surface area contributed by atoms with E-state index in [0.717, 1.165) is 5.92 Å². The van der Waals surface area contributed by atoms with E-state index in [0.29, 0.717) is 0 Å². The predicted molar refractivity (Wildman–Crippen MR) is 65.1 cm³/mol. The van der Waals surface area contributed by atoms with Crippen molar-refractivity contribution in [2.75, 3.05) is 13.1 Å². The van der Waals surface area contributed by atoms with Gasteiger partial charge in [-0.2, -0.15) is 0 Å². The molecule has 2 rings (SSSR count). The molecule has 1 atom stereocenters. The summed E-state index contributed by atoms with van der Waals surface area (Å²) in [5, 5.41) is 3.53. The maximum atomic E-state index is 3.53. The Kier molecular flexibility index (Phi) is 3.79. The average molecular weight is 203 g/mol. The molecule has 0 amide bonds. The van der Waals surface area contributed by atoms with Crippen LogP contribution in [0.15, 0.2) is 24.3 Å². The van der Waals surface area contributed by atoms with Crippen molar-refractivity contribution < 1.29 is 0 Å². The largest absolute Gasteiger partial charge is 0.316 e. The molecule has 15 heavy (non-hydrogen) atoms. The molecule has 82 valence electrons. The summed E-state index contributed by atoms with van der Waals surface area (Å²) in [5.41, 5.74) is 2.89. The fourth-order valence-corrected chi connectivity index (χ4v) is 2.44. The van der Waals surface area contributed by atoms with Crippen LogP contribution in [-0.4, -0.2) is 13.1 Å². The first kappa shape index (κ1) is 10.7. The third kappa shape index (κ3) is 3.35. The van der Waals surface area contributed by atoms with Crippen molar-refractivity contribution in [3.05, 3.63) is 35.4 Å². The number of aryl methyl sites for hydroxylation is 1. The highest BCUT2D eigenvalue weighted by Gasteiger charge is 2.12. The fraction of sp³-hybridized carbons (Fsp3) is 0.571. The van der Waals surface area contributed by atoms with E-state index in [1.54, 1.807) is 0 Å². The Labute approximate surface area is 92.9 Å². The summed E-state index contributed by atoms with van der Waals surface area (Å²) >= 11 is 0. The Bertz CT molecular complexity index is 298. The highest BCUT2D eigenvalue weighted by Crippen LogP contribution is 2.17. The lowest BCUT2D eigenvalue weighted by molar-refractivity contribution is 0.477. The zero-order valence-corrected chi connectivity index (χ0v) is 9.63. The molecule has 0 saturated carbocycles. The first-order valence-corrected chi connectivity index (χ1v) is 6.11. The van der Waals surface area contributed by atoms with Crippen LogP contribution in [0, 0.1) is 12.8 Å². The van der Waals surface area contributed by atoms with Crippen LogP contribution in [0.25, 0.3) is 0 Å². The number of nitrogens with one attached hydrogen (secondary N) is 1. The Morgan fingerprint density at radius 2 is 2.27 bits per heavy atom. The first-order valence-electron chi connectivity index (χ1n) is 6.11. The van der Waals surface area contributed by atoms with Gasteiger partial charge in [0.15, 0.2) is 0 Å². The highest BCUT2D eigenvalue weighted by atomic mass is 14.9. The van der Waals surface area contributed by atoms with Gasteiger partial charge in [0.2, 0.25) is 0 Å². The lowest BCUT2D eigenvalue weighted by atomic mass is 9.94. The number of benzene rings is 1. The SMILES string of the molecule is Cc1cccc(CC2CCCCNC2)c1. The fourth-order valence-electron chi connectivity index (χ4n) is 2.44.